The first-order valence-electron chi connectivity index (χ1n) is 7.20. The Morgan fingerprint density at radius 3 is 2.83 bits per heavy atom. The summed E-state index contributed by atoms with van der Waals surface area (Å²) in [5.74, 6) is -1.55. The number of hydrogen-bond donors (Lipinski definition) is 2. The summed E-state index contributed by atoms with van der Waals surface area (Å²) >= 11 is 4.56. The molecule has 2 unspecified atom stereocenters. The fourth-order valence-corrected chi connectivity index (χ4v) is 4.85. The second-order valence-corrected chi connectivity index (χ2v) is 8.02. The van der Waals surface area contributed by atoms with Gasteiger partial charge in [0.15, 0.2) is 5.91 Å². The normalized spacial score (nSPS) is 12.7. The van der Waals surface area contributed by atoms with E-state index in [1.54, 1.807) is 12.1 Å². The van der Waals surface area contributed by atoms with Crippen LogP contribution in [0.5, 0.6) is 5.75 Å². The molecule has 3 N–H and O–H groups in total. The van der Waals surface area contributed by atoms with E-state index >= 15 is 0 Å². The average Bonchev–Trinajstić information content (AvgIpc) is 2.87. The molecule has 0 saturated heterocycles. The maximum Gasteiger partial charge on any atom is 0.248 e. The highest BCUT2D eigenvalue weighted by molar-refractivity contribution is 9.10. The van der Waals surface area contributed by atoms with Gasteiger partial charge in [0.1, 0.15) is 5.75 Å². The summed E-state index contributed by atoms with van der Waals surface area (Å²) in [6.45, 7) is 4.45. The van der Waals surface area contributed by atoms with Crippen molar-refractivity contribution in [2.75, 3.05) is 6.61 Å². The lowest BCUT2D eigenvalue weighted by atomic mass is 10.1. The van der Waals surface area contributed by atoms with Crippen LogP contribution in [0.3, 0.4) is 0 Å². The van der Waals surface area contributed by atoms with Crippen LogP contribution in [0.25, 0.3) is 10.1 Å². The summed E-state index contributed by atoms with van der Waals surface area (Å²) in [5.41, 5.74) is 6.87. The van der Waals surface area contributed by atoms with Crippen LogP contribution < -0.4 is 10.5 Å². The van der Waals surface area contributed by atoms with E-state index in [0.717, 1.165) is 11.1 Å². The molecule has 0 spiro atoms. The predicted octanol–water partition coefficient (Wildman–Crippen LogP) is 5.05. The van der Waals surface area contributed by atoms with E-state index in [1.165, 1.54) is 16.9 Å². The van der Waals surface area contributed by atoms with Crippen LogP contribution in [0, 0.1) is 0 Å². The SMILES string of the molecule is CC(C)=CCCOc1cc(C(N)=O)cc2c(Br)c(C(F)PO)sc12. The van der Waals surface area contributed by atoms with E-state index in [2.05, 4.69) is 22.0 Å². The first kappa shape index (κ1) is 19.3. The number of carbonyl (C=O) groups is 1. The smallest absolute Gasteiger partial charge is 0.248 e. The minimum absolute atomic E-state index is 0.298. The molecule has 1 aromatic heterocycles. The average molecular weight is 434 g/mol. The highest BCUT2D eigenvalue weighted by Gasteiger charge is 2.22. The zero-order valence-electron chi connectivity index (χ0n) is 13.2. The topological polar surface area (TPSA) is 72.5 Å². The predicted molar refractivity (Wildman–Crippen MR) is 102 cm³/mol. The molecule has 0 saturated carbocycles. The van der Waals surface area contributed by atoms with Crippen molar-refractivity contribution in [3.8, 4) is 5.75 Å². The standard InChI is InChI=1S/C16H18BrFNO3PS/c1-8(2)4-3-5-22-11-7-9(16(19)20)6-10-12(17)14(15(18)23-21)24-13(10)11/h4,6-7,15,21,23H,3,5H2,1-2H3,(H2,19,20). The Hall–Kier alpha value is -1.01. The number of fused-ring (bicyclic) bond motifs is 1. The molecule has 24 heavy (non-hydrogen) atoms. The van der Waals surface area contributed by atoms with Crippen LogP contribution in [-0.4, -0.2) is 17.4 Å². The van der Waals surface area contributed by atoms with Crippen LogP contribution in [0.1, 0.15) is 41.4 Å². The number of thiophene rings is 1. The molecule has 1 heterocycles. The lowest BCUT2D eigenvalue weighted by molar-refractivity contribution is 0.1000. The van der Waals surface area contributed by atoms with Crippen LogP contribution in [0.2, 0.25) is 0 Å². The highest BCUT2D eigenvalue weighted by Crippen LogP contribution is 2.48. The lowest BCUT2D eigenvalue weighted by Crippen LogP contribution is -2.11. The van der Waals surface area contributed by atoms with Gasteiger partial charge in [0.25, 0.3) is 0 Å². The molecule has 2 aromatic rings. The van der Waals surface area contributed by atoms with Crippen molar-refractivity contribution in [2.45, 2.75) is 26.2 Å². The molecule has 8 heteroatoms. The van der Waals surface area contributed by atoms with Crippen molar-refractivity contribution in [1.82, 2.24) is 0 Å². The second kappa shape index (κ2) is 8.39. The third-order valence-electron chi connectivity index (χ3n) is 3.28. The second-order valence-electron chi connectivity index (χ2n) is 5.41. The highest BCUT2D eigenvalue weighted by atomic mass is 79.9. The lowest BCUT2D eigenvalue weighted by Gasteiger charge is -2.08. The molecule has 1 aromatic carbocycles. The van der Waals surface area contributed by atoms with Crippen molar-refractivity contribution in [3.05, 3.63) is 38.7 Å². The van der Waals surface area contributed by atoms with Gasteiger partial charge in [-0.05, 0) is 48.3 Å². The minimum Gasteiger partial charge on any atom is -0.492 e. The number of rotatable bonds is 7. The fraction of sp³-hybridized carbons (Fsp3) is 0.312. The third-order valence-corrected chi connectivity index (χ3v) is 6.37. The van der Waals surface area contributed by atoms with E-state index in [4.69, 9.17) is 15.4 Å². The number of allylic oxidation sites excluding steroid dienone is 1. The van der Waals surface area contributed by atoms with Crippen molar-refractivity contribution < 1.29 is 18.8 Å². The fourth-order valence-electron chi connectivity index (χ4n) is 2.15. The molecule has 0 fully saturated rings. The van der Waals surface area contributed by atoms with E-state index in [1.807, 2.05) is 13.8 Å². The van der Waals surface area contributed by atoms with Crippen molar-refractivity contribution in [2.24, 2.45) is 5.73 Å². The Bertz CT molecular complexity index is 789. The van der Waals surface area contributed by atoms with Crippen LogP contribution in [0.15, 0.2) is 28.3 Å². The monoisotopic (exact) mass is 433 g/mol. The Morgan fingerprint density at radius 1 is 1.54 bits per heavy atom. The first-order chi connectivity index (χ1) is 11.3. The number of ether oxygens (including phenoxy) is 1. The van der Waals surface area contributed by atoms with Gasteiger partial charge in [0.05, 0.1) is 25.0 Å². The molecular formula is C16H18BrFNO3PS. The number of benzene rings is 1. The van der Waals surface area contributed by atoms with Gasteiger partial charge in [-0.1, -0.05) is 11.6 Å². The number of alkyl halides is 1. The molecule has 0 bridgehead atoms. The molecule has 130 valence electrons. The summed E-state index contributed by atoms with van der Waals surface area (Å²) in [6.07, 6.45) is 2.78. The first-order valence-corrected chi connectivity index (χ1v) is 9.84. The van der Waals surface area contributed by atoms with Crippen LogP contribution in [0.4, 0.5) is 4.39 Å². The maximum atomic E-state index is 14.0. The van der Waals surface area contributed by atoms with E-state index in [0.29, 0.717) is 32.7 Å². The van der Waals surface area contributed by atoms with Crippen LogP contribution in [-0.2, 0) is 0 Å². The Balaban J connectivity index is 2.46. The van der Waals surface area contributed by atoms with Gasteiger partial charge in [-0.15, -0.1) is 11.3 Å². The zero-order valence-corrected chi connectivity index (χ0v) is 16.6. The Morgan fingerprint density at radius 2 is 2.25 bits per heavy atom. The summed E-state index contributed by atoms with van der Waals surface area (Å²) in [6, 6.07) is 3.19. The minimum atomic E-state index is -1.47. The molecule has 4 nitrogen and oxygen atoms in total. The number of carbonyl (C=O) groups excluding carboxylic acids is 1. The molecule has 2 rings (SSSR count). The number of halogens is 2. The van der Waals surface area contributed by atoms with Crippen molar-refractivity contribution >= 4 is 52.1 Å². The summed E-state index contributed by atoms with van der Waals surface area (Å²) in [5, 5.41) is 0.657. The number of nitrogens with two attached hydrogens (primary N) is 1. The molecule has 0 aliphatic carbocycles. The van der Waals surface area contributed by atoms with Gasteiger partial charge in [-0.2, -0.15) is 0 Å². The largest absolute Gasteiger partial charge is 0.492 e. The molecule has 0 aliphatic rings. The zero-order chi connectivity index (χ0) is 17.9. The number of hydrogen-bond acceptors (Lipinski definition) is 4. The number of primary amides is 1. The molecule has 0 radical (unpaired) electrons. The molecule has 0 aliphatic heterocycles. The quantitative estimate of drug-likeness (QED) is 0.364. The van der Waals surface area contributed by atoms with Gasteiger partial charge >= 0.3 is 0 Å². The van der Waals surface area contributed by atoms with Gasteiger partial charge in [-0.3, -0.25) is 4.79 Å². The maximum absolute atomic E-state index is 14.0. The summed E-state index contributed by atoms with van der Waals surface area (Å²) in [7, 11) is -0.849. The van der Waals surface area contributed by atoms with Crippen LogP contribution >= 0.6 is 36.1 Å². The van der Waals surface area contributed by atoms with E-state index in [9.17, 15) is 9.18 Å². The van der Waals surface area contributed by atoms with Gasteiger partial charge < -0.3 is 15.4 Å². The Labute approximate surface area is 153 Å². The molecular weight excluding hydrogens is 416 g/mol. The number of amides is 1. The van der Waals surface area contributed by atoms with Gasteiger partial charge in [0.2, 0.25) is 5.91 Å². The van der Waals surface area contributed by atoms with E-state index < -0.39 is 20.6 Å². The van der Waals surface area contributed by atoms with Crippen molar-refractivity contribution in [3.63, 3.8) is 0 Å². The Kier molecular flexibility index (Phi) is 6.75. The van der Waals surface area contributed by atoms with E-state index in [-0.39, 0.29) is 0 Å². The molecule has 2 atom stereocenters. The van der Waals surface area contributed by atoms with Gasteiger partial charge in [0, 0.05) is 15.4 Å². The van der Waals surface area contributed by atoms with Gasteiger partial charge in [-0.25, -0.2) is 4.39 Å². The third kappa shape index (κ3) is 4.33. The van der Waals surface area contributed by atoms with Crippen molar-refractivity contribution in [1.29, 1.82) is 0 Å². The molecule has 1 amide bonds. The summed E-state index contributed by atoms with van der Waals surface area (Å²) in [4.78, 5) is 21.0. The summed E-state index contributed by atoms with van der Waals surface area (Å²) < 4.78 is 21.0.